The van der Waals surface area contributed by atoms with Gasteiger partial charge in [-0.15, -0.1) is 0 Å². The number of aromatic nitrogens is 2. The van der Waals surface area contributed by atoms with Crippen LogP contribution >= 0.6 is 0 Å². The Labute approximate surface area is 176 Å². The van der Waals surface area contributed by atoms with Crippen molar-refractivity contribution in [1.82, 2.24) is 10.1 Å². The number of hydrogen-bond donors (Lipinski definition) is 0. The molecule has 1 saturated heterocycles. The van der Waals surface area contributed by atoms with E-state index in [4.69, 9.17) is 9.26 Å². The molecule has 0 bridgehead atoms. The number of nitrogens with zero attached hydrogens (tertiary/aromatic N) is 3. The molecule has 4 rings (SSSR count). The number of rotatable bonds is 9. The SMILES string of the molecule is CC(C)c1noc(N2CCC(C3CC3CCOc3ccc(CC=O)cc3F)CC2)n1. The summed E-state index contributed by atoms with van der Waals surface area (Å²) >= 11 is 0. The minimum Gasteiger partial charge on any atom is -0.491 e. The highest BCUT2D eigenvalue weighted by Crippen LogP contribution is 2.50. The van der Waals surface area contributed by atoms with Gasteiger partial charge >= 0.3 is 6.01 Å². The Balaban J connectivity index is 1.18. The van der Waals surface area contributed by atoms with Gasteiger partial charge in [0.05, 0.1) is 6.61 Å². The van der Waals surface area contributed by atoms with Crippen molar-refractivity contribution >= 4 is 12.3 Å². The lowest BCUT2D eigenvalue weighted by Crippen LogP contribution is -2.34. The van der Waals surface area contributed by atoms with E-state index in [0.29, 0.717) is 24.1 Å². The first-order chi connectivity index (χ1) is 14.5. The van der Waals surface area contributed by atoms with Crippen LogP contribution in [0.1, 0.15) is 56.8 Å². The van der Waals surface area contributed by atoms with Crippen LogP contribution in [-0.2, 0) is 11.2 Å². The fourth-order valence-electron chi connectivity index (χ4n) is 4.49. The molecule has 0 amide bonds. The predicted octanol–water partition coefficient (Wildman–Crippen LogP) is 4.40. The summed E-state index contributed by atoms with van der Waals surface area (Å²) in [4.78, 5) is 17.2. The fourth-order valence-corrected chi connectivity index (χ4v) is 4.49. The Morgan fingerprint density at radius 1 is 1.33 bits per heavy atom. The second kappa shape index (κ2) is 9.14. The Morgan fingerprint density at radius 2 is 2.13 bits per heavy atom. The van der Waals surface area contributed by atoms with Gasteiger partial charge in [-0.3, -0.25) is 0 Å². The maximum absolute atomic E-state index is 14.0. The van der Waals surface area contributed by atoms with Crippen molar-refractivity contribution in [1.29, 1.82) is 0 Å². The second-order valence-corrected chi connectivity index (χ2v) is 8.85. The number of aldehydes is 1. The molecule has 30 heavy (non-hydrogen) atoms. The van der Waals surface area contributed by atoms with E-state index in [1.165, 1.54) is 12.5 Å². The van der Waals surface area contributed by atoms with E-state index >= 15 is 0 Å². The molecular formula is C23H30FN3O3. The lowest BCUT2D eigenvalue weighted by atomic mass is 9.90. The highest BCUT2D eigenvalue weighted by Gasteiger charge is 2.43. The minimum atomic E-state index is -0.393. The molecule has 1 saturated carbocycles. The quantitative estimate of drug-likeness (QED) is 0.566. The standard InChI is InChI=1S/C23H30FN3O3/c1-15(2)22-25-23(30-26-22)27-9-5-17(6-10-27)19-14-18(19)8-12-29-21-4-3-16(7-11-28)13-20(21)24/h3-4,11,13,15,17-19H,5-10,12,14H2,1-2H3. The summed E-state index contributed by atoms with van der Waals surface area (Å²) in [5.74, 6) is 3.09. The lowest BCUT2D eigenvalue weighted by molar-refractivity contribution is -0.107. The van der Waals surface area contributed by atoms with Crippen molar-refractivity contribution in [3.8, 4) is 5.75 Å². The average molecular weight is 416 g/mol. The molecule has 0 N–H and O–H groups in total. The van der Waals surface area contributed by atoms with Gasteiger partial charge in [-0.1, -0.05) is 25.1 Å². The molecule has 1 aliphatic heterocycles. The Kier molecular flexibility index (Phi) is 6.35. The molecule has 1 aliphatic carbocycles. The maximum atomic E-state index is 14.0. The first-order valence-electron chi connectivity index (χ1n) is 11.0. The summed E-state index contributed by atoms with van der Waals surface area (Å²) in [6, 6.07) is 5.40. The topological polar surface area (TPSA) is 68.5 Å². The molecule has 7 heteroatoms. The van der Waals surface area contributed by atoms with Crippen molar-refractivity contribution < 1.29 is 18.4 Å². The molecule has 2 fully saturated rings. The first kappa shape index (κ1) is 20.8. The largest absolute Gasteiger partial charge is 0.491 e. The van der Waals surface area contributed by atoms with E-state index in [1.807, 2.05) is 0 Å². The number of carbonyl (C=O) groups is 1. The summed E-state index contributed by atoms with van der Waals surface area (Å²) in [5.41, 5.74) is 0.671. The molecule has 2 aromatic rings. The first-order valence-corrected chi connectivity index (χ1v) is 11.0. The van der Waals surface area contributed by atoms with Crippen LogP contribution < -0.4 is 9.64 Å². The third-order valence-electron chi connectivity index (χ3n) is 6.40. The average Bonchev–Trinajstić information content (AvgIpc) is 3.32. The molecule has 1 aromatic carbocycles. The molecule has 0 spiro atoms. The van der Waals surface area contributed by atoms with E-state index in [2.05, 4.69) is 28.9 Å². The molecule has 2 unspecified atom stereocenters. The van der Waals surface area contributed by atoms with Crippen molar-refractivity contribution in [2.75, 3.05) is 24.6 Å². The van der Waals surface area contributed by atoms with E-state index < -0.39 is 5.82 Å². The van der Waals surface area contributed by atoms with Gasteiger partial charge in [-0.2, -0.15) is 4.98 Å². The van der Waals surface area contributed by atoms with E-state index in [1.54, 1.807) is 12.1 Å². The maximum Gasteiger partial charge on any atom is 0.324 e. The van der Waals surface area contributed by atoms with Crippen LogP contribution in [0, 0.1) is 23.6 Å². The van der Waals surface area contributed by atoms with Crippen LogP contribution in [0.3, 0.4) is 0 Å². The van der Waals surface area contributed by atoms with Crippen LogP contribution in [0.15, 0.2) is 22.7 Å². The van der Waals surface area contributed by atoms with Crippen LogP contribution in [0.25, 0.3) is 0 Å². The number of piperidine rings is 1. The molecule has 2 atom stereocenters. The zero-order valence-electron chi connectivity index (χ0n) is 17.7. The van der Waals surface area contributed by atoms with Crippen LogP contribution in [0.5, 0.6) is 5.75 Å². The van der Waals surface area contributed by atoms with Gasteiger partial charge in [0.25, 0.3) is 0 Å². The van der Waals surface area contributed by atoms with Crippen molar-refractivity contribution in [2.45, 2.75) is 51.9 Å². The van der Waals surface area contributed by atoms with E-state index in [-0.39, 0.29) is 18.1 Å². The second-order valence-electron chi connectivity index (χ2n) is 8.85. The van der Waals surface area contributed by atoms with Gasteiger partial charge < -0.3 is 19.0 Å². The number of hydrogen-bond acceptors (Lipinski definition) is 6. The molecule has 2 heterocycles. The molecule has 1 aromatic heterocycles. The third-order valence-corrected chi connectivity index (χ3v) is 6.40. The highest BCUT2D eigenvalue weighted by molar-refractivity contribution is 5.55. The number of halogens is 1. The Hall–Kier alpha value is -2.44. The smallest absolute Gasteiger partial charge is 0.324 e. The van der Waals surface area contributed by atoms with Crippen LogP contribution in [0.4, 0.5) is 10.4 Å². The summed E-state index contributed by atoms with van der Waals surface area (Å²) in [6.45, 7) is 6.58. The van der Waals surface area contributed by atoms with Gasteiger partial charge in [0.2, 0.25) is 0 Å². The van der Waals surface area contributed by atoms with Gasteiger partial charge in [-0.05, 0) is 61.1 Å². The summed E-state index contributed by atoms with van der Waals surface area (Å²) in [5, 5.41) is 4.06. The van der Waals surface area contributed by atoms with Gasteiger partial charge in [0, 0.05) is 25.4 Å². The predicted molar refractivity (Wildman–Crippen MR) is 111 cm³/mol. The van der Waals surface area contributed by atoms with Gasteiger partial charge in [0.15, 0.2) is 17.4 Å². The van der Waals surface area contributed by atoms with Gasteiger partial charge in [0.1, 0.15) is 6.29 Å². The number of ether oxygens (including phenoxy) is 1. The van der Waals surface area contributed by atoms with Gasteiger partial charge in [-0.25, -0.2) is 4.39 Å². The van der Waals surface area contributed by atoms with Crippen LogP contribution in [-0.4, -0.2) is 36.1 Å². The van der Waals surface area contributed by atoms with Crippen molar-refractivity contribution in [3.05, 3.63) is 35.4 Å². The van der Waals surface area contributed by atoms with E-state index in [0.717, 1.165) is 56.3 Å². The molecule has 6 nitrogen and oxygen atoms in total. The van der Waals surface area contributed by atoms with E-state index in [9.17, 15) is 9.18 Å². The third kappa shape index (κ3) is 4.82. The van der Waals surface area contributed by atoms with Crippen molar-refractivity contribution in [3.63, 3.8) is 0 Å². The summed E-state index contributed by atoms with van der Waals surface area (Å²) in [7, 11) is 0. The van der Waals surface area contributed by atoms with Crippen LogP contribution in [0.2, 0.25) is 0 Å². The zero-order valence-corrected chi connectivity index (χ0v) is 17.7. The summed E-state index contributed by atoms with van der Waals surface area (Å²) < 4.78 is 25.1. The summed E-state index contributed by atoms with van der Waals surface area (Å²) in [6.07, 6.45) is 5.50. The number of benzene rings is 1. The monoisotopic (exact) mass is 415 g/mol. The fraction of sp³-hybridized carbons (Fsp3) is 0.609. The Bertz CT molecular complexity index is 861. The zero-order chi connectivity index (χ0) is 21.1. The molecule has 0 radical (unpaired) electrons. The highest BCUT2D eigenvalue weighted by atomic mass is 19.1. The number of anilines is 1. The minimum absolute atomic E-state index is 0.227. The number of carbonyl (C=O) groups excluding carboxylic acids is 1. The molecular weight excluding hydrogens is 385 g/mol. The van der Waals surface area contributed by atoms with Crippen molar-refractivity contribution in [2.24, 2.45) is 17.8 Å². The normalized spacial score (nSPS) is 21.8. The molecule has 2 aliphatic rings. The Morgan fingerprint density at radius 3 is 2.80 bits per heavy atom. The molecule has 162 valence electrons. The lowest BCUT2D eigenvalue weighted by Gasteiger charge is -2.30.